The molecule has 3 fully saturated rings. The van der Waals surface area contributed by atoms with Gasteiger partial charge in [0.25, 0.3) is 0 Å². The fourth-order valence-electron chi connectivity index (χ4n) is 3.42. The first-order valence-corrected chi connectivity index (χ1v) is 7.00. The lowest BCUT2D eigenvalue weighted by molar-refractivity contribution is 0.0507. The van der Waals surface area contributed by atoms with Crippen molar-refractivity contribution in [2.75, 3.05) is 19.8 Å². The van der Waals surface area contributed by atoms with Gasteiger partial charge in [0, 0.05) is 24.7 Å². The Labute approximate surface area is 110 Å². The third-order valence-corrected chi connectivity index (χ3v) is 4.59. The first kappa shape index (κ1) is 13.6. The number of hydrogen-bond donors (Lipinski definition) is 2. The van der Waals surface area contributed by atoms with Gasteiger partial charge in [-0.3, -0.25) is 0 Å². The molecule has 2 N–H and O–H groups in total. The highest BCUT2D eigenvalue weighted by atomic mass is 35.5. The minimum Gasteiger partial charge on any atom is -0.379 e. The SMILES string of the molecule is C1CC(NC2CCCC2C2COCCN2)C1.Cl. The largest absolute Gasteiger partial charge is 0.379 e. The maximum atomic E-state index is 5.60. The van der Waals surface area contributed by atoms with Crippen molar-refractivity contribution in [3.63, 3.8) is 0 Å². The van der Waals surface area contributed by atoms with Gasteiger partial charge < -0.3 is 15.4 Å². The summed E-state index contributed by atoms with van der Waals surface area (Å²) in [6.07, 6.45) is 8.38. The first-order chi connectivity index (χ1) is 7.93. The number of morpholine rings is 1. The average molecular weight is 261 g/mol. The highest BCUT2D eigenvalue weighted by Crippen LogP contribution is 2.31. The van der Waals surface area contributed by atoms with Crippen LogP contribution in [0.4, 0.5) is 0 Å². The summed E-state index contributed by atoms with van der Waals surface area (Å²) in [5, 5.41) is 7.50. The van der Waals surface area contributed by atoms with Crippen LogP contribution in [0.5, 0.6) is 0 Å². The van der Waals surface area contributed by atoms with Gasteiger partial charge >= 0.3 is 0 Å². The summed E-state index contributed by atoms with van der Waals surface area (Å²) in [5.74, 6) is 0.806. The van der Waals surface area contributed by atoms with Crippen LogP contribution < -0.4 is 10.6 Å². The van der Waals surface area contributed by atoms with Crippen LogP contribution in [0.25, 0.3) is 0 Å². The highest BCUT2D eigenvalue weighted by molar-refractivity contribution is 5.85. The van der Waals surface area contributed by atoms with Crippen LogP contribution in [0.3, 0.4) is 0 Å². The van der Waals surface area contributed by atoms with Crippen molar-refractivity contribution in [3.05, 3.63) is 0 Å². The van der Waals surface area contributed by atoms with Crippen LogP contribution in [0.15, 0.2) is 0 Å². The molecule has 0 bridgehead atoms. The number of hydrogen-bond acceptors (Lipinski definition) is 3. The second kappa shape index (κ2) is 6.37. The summed E-state index contributed by atoms with van der Waals surface area (Å²) in [4.78, 5) is 0. The van der Waals surface area contributed by atoms with Crippen LogP contribution >= 0.6 is 12.4 Å². The van der Waals surface area contributed by atoms with E-state index in [4.69, 9.17) is 4.74 Å². The number of ether oxygens (including phenoxy) is 1. The van der Waals surface area contributed by atoms with Gasteiger partial charge in [0.1, 0.15) is 0 Å². The Balaban J connectivity index is 0.00000108. The topological polar surface area (TPSA) is 33.3 Å². The normalized spacial score (nSPS) is 38.5. The summed E-state index contributed by atoms with van der Waals surface area (Å²) in [7, 11) is 0. The molecule has 0 aromatic carbocycles. The summed E-state index contributed by atoms with van der Waals surface area (Å²) in [6.45, 7) is 2.86. The number of nitrogens with one attached hydrogen (secondary N) is 2. The molecule has 0 spiro atoms. The van der Waals surface area contributed by atoms with Crippen LogP contribution in [-0.4, -0.2) is 37.9 Å². The predicted molar refractivity (Wildman–Crippen MR) is 71.8 cm³/mol. The van der Waals surface area contributed by atoms with Gasteiger partial charge in [-0.15, -0.1) is 12.4 Å². The van der Waals surface area contributed by atoms with Gasteiger partial charge in [0.05, 0.1) is 13.2 Å². The number of rotatable bonds is 3. The predicted octanol–water partition coefficient (Wildman–Crippen LogP) is 1.71. The zero-order chi connectivity index (χ0) is 10.8. The molecule has 1 aliphatic heterocycles. The molecule has 0 radical (unpaired) electrons. The van der Waals surface area contributed by atoms with Gasteiger partial charge in [0.2, 0.25) is 0 Å². The Morgan fingerprint density at radius 3 is 2.53 bits per heavy atom. The lowest BCUT2D eigenvalue weighted by Crippen LogP contribution is -2.53. The Morgan fingerprint density at radius 2 is 1.88 bits per heavy atom. The van der Waals surface area contributed by atoms with Crippen LogP contribution in [-0.2, 0) is 4.74 Å². The molecular formula is C13H25ClN2O. The zero-order valence-electron chi connectivity index (χ0n) is 10.5. The molecule has 2 aliphatic carbocycles. The molecule has 3 nitrogen and oxygen atoms in total. The quantitative estimate of drug-likeness (QED) is 0.811. The molecule has 1 saturated heterocycles. The van der Waals surface area contributed by atoms with E-state index in [1.54, 1.807) is 0 Å². The van der Waals surface area contributed by atoms with Crippen LogP contribution in [0.2, 0.25) is 0 Å². The van der Waals surface area contributed by atoms with E-state index in [2.05, 4.69) is 10.6 Å². The Hall–Kier alpha value is 0.170. The minimum absolute atomic E-state index is 0. The van der Waals surface area contributed by atoms with Gasteiger partial charge in [-0.1, -0.05) is 12.8 Å². The van der Waals surface area contributed by atoms with Gasteiger partial charge in [-0.25, -0.2) is 0 Å². The maximum absolute atomic E-state index is 5.60. The molecule has 17 heavy (non-hydrogen) atoms. The second-order valence-corrected chi connectivity index (χ2v) is 5.63. The van der Waals surface area contributed by atoms with Crippen LogP contribution in [0.1, 0.15) is 38.5 Å². The third-order valence-electron chi connectivity index (χ3n) is 4.59. The van der Waals surface area contributed by atoms with Crippen molar-refractivity contribution in [2.24, 2.45) is 5.92 Å². The first-order valence-electron chi connectivity index (χ1n) is 7.00. The van der Waals surface area contributed by atoms with E-state index < -0.39 is 0 Å². The summed E-state index contributed by atoms with van der Waals surface area (Å²) in [6, 6.07) is 2.19. The highest BCUT2D eigenvalue weighted by Gasteiger charge is 2.36. The lowest BCUT2D eigenvalue weighted by Gasteiger charge is -2.37. The van der Waals surface area contributed by atoms with Crippen molar-refractivity contribution in [1.29, 1.82) is 0 Å². The molecule has 3 unspecified atom stereocenters. The molecule has 0 aromatic heterocycles. The van der Waals surface area contributed by atoms with Crippen molar-refractivity contribution in [3.8, 4) is 0 Å². The number of halogens is 1. The van der Waals surface area contributed by atoms with E-state index in [0.29, 0.717) is 6.04 Å². The molecule has 0 aromatic rings. The summed E-state index contributed by atoms with van der Waals surface area (Å²) < 4.78 is 5.60. The van der Waals surface area contributed by atoms with Crippen LogP contribution in [0, 0.1) is 5.92 Å². The zero-order valence-corrected chi connectivity index (χ0v) is 11.3. The van der Waals surface area contributed by atoms with Gasteiger partial charge in [0.15, 0.2) is 0 Å². The fourth-order valence-corrected chi connectivity index (χ4v) is 3.42. The monoisotopic (exact) mass is 260 g/mol. The fraction of sp³-hybridized carbons (Fsp3) is 1.00. The smallest absolute Gasteiger partial charge is 0.0623 e. The molecule has 0 amide bonds. The summed E-state index contributed by atoms with van der Waals surface area (Å²) in [5.41, 5.74) is 0. The van der Waals surface area contributed by atoms with E-state index in [1.165, 1.54) is 38.5 Å². The Bertz CT molecular complexity index is 229. The van der Waals surface area contributed by atoms with Crippen molar-refractivity contribution < 1.29 is 4.74 Å². The molecule has 100 valence electrons. The molecule has 3 atom stereocenters. The van der Waals surface area contributed by atoms with E-state index in [-0.39, 0.29) is 12.4 Å². The van der Waals surface area contributed by atoms with Gasteiger partial charge in [-0.2, -0.15) is 0 Å². The molecular weight excluding hydrogens is 236 g/mol. The maximum Gasteiger partial charge on any atom is 0.0623 e. The second-order valence-electron chi connectivity index (χ2n) is 5.63. The molecule has 3 aliphatic rings. The third kappa shape index (κ3) is 3.14. The molecule has 1 heterocycles. The van der Waals surface area contributed by atoms with E-state index in [0.717, 1.165) is 37.8 Å². The van der Waals surface area contributed by atoms with Crippen molar-refractivity contribution in [1.82, 2.24) is 10.6 Å². The van der Waals surface area contributed by atoms with E-state index >= 15 is 0 Å². The Kier molecular flexibility index (Phi) is 5.10. The minimum atomic E-state index is 0. The molecule has 4 heteroatoms. The standard InChI is InChI=1S/C13H24N2O.ClH/c1-3-10(4-1)15-12-6-2-5-11(12)13-9-16-8-7-14-13;/h10-15H,1-9H2;1H. The van der Waals surface area contributed by atoms with E-state index in [1.807, 2.05) is 0 Å². The average Bonchev–Trinajstić information content (AvgIpc) is 2.73. The van der Waals surface area contributed by atoms with Crippen molar-refractivity contribution in [2.45, 2.75) is 56.7 Å². The summed E-state index contributed by atoms with van der Waals surface area (Å²) >= 11 is 0. The van der Waals surface area contributed by atoms with Crippen molar-refractivity contribution >= 4 is 12.4 Å². The lowest BCUT2D eigenvalue weighted by atomic mass is 9.88. The molecule has 3 rings (SSSR count). The Morgan fingerprint density at radius 1 is 1.06 bits per heavy atom. The van der Waals surface area contributed by atoms with E-state index in [9.17, 15) is 0 Å². The van der Waals surface area contributed by atoms with Gasteiger partial charge in [-0.05, 0) is 31.6 Å². The molecule has 2 saturated carbocycles.